The van der Waals surface area contributed by atoms with Gasteiger partial charge in [-0.15, -0.1) is 0 Å². The molecule has 23 heavy (non-hydrogen) atoms. The van der Waals surface area contributed by atoms with Crippen LogP contribution in [0.3, 0.4) is 0 Å². The number of piperidine rings is 1. The van der Waals surface area contributed by atoms with Crippen LogP contribution in [0.15, 0.2) is 30.6 Å². The highest BCUT2D eigenvalue weighted by Gasteiger charge is 2.20. The third-order valence-corrected chi connectivity index (χ3v) is 4.32. The molecule has 1 fully saturated rings. The number of benzene rings is 1. The predicted octanol–water partition coefficient (Wildman–Crippen LogP) is 3.05. The fourth-order valence-electron chi connectivity index (χ4n) is 2.79. The first-order chi connectivity index (χ1) is 11.1. The summed E-state index contributed by atoms with van der Waals surface area (Å²) >= 11 is 0. The highest BCUT2D eigenvalue weighted by atomic mass is 19.1. The number of aromatic nitrogens is 2. The smallest absolute Gasteiger partial charge is 0.157 e. The minimum Gasteiger partial charge on any atom is -0.393 e. The Morgan fingerprint density at radius 3 is 2.61 bits per heavy atom. The van der Waals surface area contributed by atoms with Crippen molar-refractivity contribution in [2.75, 3.05) is 29.0 Å². The van der Waals surface area contributed by atoms with Crippen LogP contribution in [0.1, 0.15) is 25.3 Å². The molecule has 5 nitrogen and oxygen atoms in total. The van der Waals surface area contributed by atoms with Crippen molar-refractivity contribution in [3.63, 3.8) is 0 Å². The second kappa shape index (κ2) is 6.81. The zero-order valence-corrected chi connectivity index (χ0v) is 13.3. The van der Waals surface area contributed by atoms with Crippen LogP contribution in [0.2, 0.25) is 0 Å². The van der Waals surface area contributed by atoms with Crippen LogP contribution in [0.5, 0.6) is 0 Å². The van der Waals surface area contributed by atoms with Crippen molar-refractivity contribution in [2.45, 2.75) is 26.3 Å². The van der Waals surface area contributed by atoms with Gasteiger partial charge in [-0.1, -0.05) is 19.1 Å². The maximum Gasteiger partial charge on any atom is 0.157 e. The largest absolute Gasteiger partial charge is 0.393 e. The van der Waals surface area contributed by atoms with Crippen molar-refractivity contribution in [3.8, 4) is 0 Å². The highest BCUT2D eigenvalue weighted by molar-refractivity contribution is 5.75. The normalized spacial score (nSPS) is 15.7. The van der Waals surface area contributed by atoms with Crippen LogP contribution < -0.4 is 16.0 Å². The molecule has 122 valence electrons. The number of nitrogens with two attached hydrogens (primary N) is 1. The van der Waals surface area contributed by atoms with Crippen molar-refractivity contribution in [3.05, 3.63) is 42.0 Å². The summed E-state index contributed by atoms with van der Waals surface area (Å²) in [6, 6.07) is 6.38. The first kappa shape index (κ1) is 15.5. The van der Waals surface area contributed by atoms with E-state index in [0.29, 0.717) is 18.1 Å². The van der Waals surface area contributed by atoms with Crippen LogP contribution >= 0.6 is 0 Å². The second-order valence-corrected chi connectivity index (χ2v) is 6.11. The Bertz CT molecular complexity index is 651. The van der Waals surface area contributed by atoms with E-state index in [2.05, 4.69) is 27.1 Å². The number of hydrogen-bond donors (Lipinski definition) is 2. The standard InChI is InChI=1S/C17H22FN5/c1-12-6-8-23(9-7-12)17-15(19)16(21-11-22-17)20-10-13-2-4-14(18)5-3-13/h2-5,11-12H,6-10,19H2,1H3,(H,20,21,22). The van der Waals surface area contributed by atoms with Gasteiger partial charge < -0.3 is 16.0 Å². The minimum atomic E-state index is -0.239. The zero-order chi connectivity index (χ0) is 16.2. The zero-order valence-electron chi connectivity index (χ0n) is 13.3. The Labute approximate surface area is 135 Å². The summed E-state index contributed by atoms with van der Waals surface area (Å²) in [6.07, 6.45) is 3.85. The monoisotopic (exact) mass is 315 g/mol. The van der Waals surface area contributed by atoms with Crippen LogP contribution in [-0.2, 0) is 6.54 Å². The van der Waals surface area contributed by atoms with E-state index in [-0.39, 0.29) is 5.82 Å². The third kappa shape index (κ3) is 3.70. The summed E-state index contributed by atoms with van der Waals surface area (Å²) in [4.78, 5) is 10.8. The van der Waals surface area contributed by atoms with Gasteiger partial charge in [0.1, 0.15) is 17.8 Å². The molecule has 1 aromatic heterocycles. The number of anilines is 3. The summed E-state index contributed by atoms with van der Waals surface area (Å²) in [5, 5.41) is 3.21. The van der Waals surface area contributed by atoms with Crippen LogP contribution in [0.4, 0.5) is 21.7 Å². The average Bonchev–Trinajstić information content (AvgIpc) is 2.56. The van der Waals surface area contributed by atoms with E-state index in [4.69, 9.17) is 5.73 Å². The maximum atomic E-state index is 12.9. The Morgan fingerprint density at radius 2 is 1.91 bits per heavy atom. The molecule has 0 aliphatic carbocycles. The molecule has 1 aliphatic rings. The van der Waals surface area contributed by atoms with Crippen LogP contribution in [0.25, 0.3) is 0 Å². The van der Waals surface area contributed by atoms with E-state index >= 15 is 0 Å². The number of nitrogens with zero attached hydrogens (tertiary/aromatic N) is 3. The minimum absolute atomic E-state index is 0.239. The third-order valence-electron chi connectivity index (χ3n) is 4.32. The molecular weight excluding hydrogens is 293 g/mol. The molecule has 1 aliphatic heterocycles. The molecule has 3 rings (SSSR count). The van der Waals surface area contributed by atoms with Gasteiger partial charge in [0, 0.05) is 19.6 Å². The number of hydrogen-bond acceptors (Lipinski definition) is 5. The number of halogens is 1. The number of rotatable bonds is 4. The summed E-state index contributed by atoms with van der Waals surface area (Å²) in [5.74, 6) is 1.94. The summed E-state index contributed by atoms with van der Waals surface area (Å²) in [6.45, 7) is 4.76. The van der Waals surface area contributed by atoms with E-state index in [1.807, 2.05) is 0 Å². The average molecular weight is 315 g/mol. The van der Waals surface area contributed by atoms with Crippen molar-refractivity contribution in [1.82, 2.24) is 9.97 Å². The van der Waals surface area contributed by atoms with E-state index in [1.54, 1.807) is 12.1 Å². The van der Waals surface area contributed by atoms with Crippen molar-refractivity contribution >= 4 is 17.3 Å². The molecule has 6 heteroatoms. The second-order valence-electron chi connectivity index (χ2n) is 6.11. The Kier molecular flexibility index (Phi) is 4.60. The first-order valence-corrected chi connectivity index (χ1v) is 7.97. The topological polar surface area (TPSA) is 67.1 Å². The summed E-state index contributed by atoms with van der Waals surface area (Å²) < 4.78 is 12.9. The lowest BCUT2D eigenvalue weighted by Gasteiger charge is -2.32. The molecular formula is C17H22FN5. The molecule has 0 bridgehead atoms. The van der Waals surface area contributed by atoms with E-state index < -0.39 is 0 Å². The van der Waals surface area contributed by atoms with Gasteiger partial charge in [0.2, 0.25) is 0 Å². The fourth-order valence-corrected chi connectivity index (χ4v) is 2.79. The first-order valence-electron chi connectivity index (χ1n) is 7.97. The molecule has 0 atom stereocenters. The van der Waals surface area contributed by atoms with Crippen LogP contribution in [-0.4, -0.2) is 23.1 Å². The molecule has 0 amide bonds. The van der Waals surface area contributed by atoms with Gasteiger partial charge in [-0.2, -0.15) is 0 Å². The molecule has 2 aromatic rings. The van der Waals surface area contributed by atoms with Crippen molar-refractivity contribution in [1.29, 1.82) is 0 Å². The lowest BCUT2D eigenvalue weighted by atomic mass is 9.99. The SMILES string of the molecule is CC1CCN(c2ncnc(NCc3ccc(F)cc3)c2N)CC1. The van der Waals surface area contributed by atoms with Crippen LogP contribution in [0, 0.1) is 11.7 Å². The quantitative estimate of drug-likeness (QED) is 0.908. The Morgan fingerprint density at radius 1 is 1.22 bits per heavy atom. The molecule has 2 heterocycles. The van der Waals surface area contributed by atoms with E-state index in [0.717, 1.165) is 43.2 Å². The maximum absolute atomic E-state index is 12.9. The lowest BCUT2D eigenvalue weighted by molar-refractivity contribution is 0.437. The number of nitrogen functional groups attached to an aromatic ring is 1. The van der Waals surface area contributed by atoms with Gasteiger partial charge >= 0.3 is 0 Å². The van der Waals surface area contributed by atoms with Gasteiger partial charge in [0.15, 0.2) is 11.6 Å². The molecule has 0 spiro atoms. The van der Waals surface area contributed by atoms with Gasteiger partial charge in [0.05, 0.1) is 0 Å². The highest BCUT2D eigenvalue weighted by Crippen LogP contribution is 2.29. The lowest BCUT2D eigenvalue weighted by Crippen LogP contribution is -2.34. The van der Waals surface area contributed by atoms with Gasteiger partial charge in [0.25, 0.3) is 0 Å². The fraction of sp³-hybridized carbons (Fsp3) is 0.412. The molecule has 0 saturated carbocycles. The van der Waals surface area contributed by atoms with Gasteiger partial charge in [-0.05, 0) is 36.5 Å². The van der Waals surface area contributed by atoms with Crippen molar-refractivity contribution in [2.24, 2.45) is 5.92 Å². The number of nitrogens with one attached hydrogen (secondary N) is 1. The molecule has 0 unspecified atom stereocenters. The van der Waals surface area contributed by atoms with Gasteiger partial charge in [-0.3, -0.25) is 0 Å². The van der Waals surface area contributed by atoms with Crippen molar-refractivity contribution < 1.29 is 4.39 Å². The van der Waals surface area contributed by atoms with E-state index in [1.165, 1.54) is 18.5 Å². The Balaban J connectivity index is 1.70. The molecule has 1 saturated heterocycles. The summed E-state index contributed by atoms with van der Waals surface area (Å²) in [5.41, 5.74) is 7.79. The predicted molar refractivity (Wildman–Crippen MR) is 90.8 cm³/mol. The summed E-state index contributed by atoms with van der Waals surface area (Å²) in [7, 11) is 0. The van der Waals surface area contributed by atoms with E-state index in [9.17, 15) is 4.39 Å². The Hall–Kier alpha value is -2.37. The van der Waals surface area contributed by atoms with Gasteiger partial charge in [-0.25, -0.2) is 14.4 Å². The molecule has 1 aromatic carbocycles. The molecule has 0 radical (unpaired) electrons. The molecule has 3 N–H and O–H groups in total.